The molecular formula is C25H19F3N2O2. The van der Waals surface area contributed by atoms with E-state index in [1.54, 1.807) is 36.4 Å². The number of alkyl halides is 3. The summed E-state index contributed by atoms with van der Waals surface area (Å²) < 4.78 is 40.2. The van der Waals surface area contributed by atoms with Crippen LogP contribution in [0.25, 0.3) is 16.5 Å². The van der Waals surface area contributed by atoms with Crippen molar-refractivity contribution >= 4 is 22.7 Å². The van der Waals surface area contributed by atoms with E-state index in [1.165, 1.54) is 22.9 Å². The second-order valence-corrected chi connectivity index (χ2v) is 7.50. The first kappa shape index (κ1) is 21.4. The van der Waals surface area contributed by atoms with Crippen LogP contribution >= 0.6 is 0 Å². The Bertz CT molecular complexity index is 1420. The summed E-state index contributed by atoms with van der Waals surface area (Å²) in [6.07, 6.45) is -3.21. The van der Waals surface area contributed by atoms with Gasteiger partial charge in [0, 0.05) is 17.0 Å². The number of benzene rings is 3. The van der Waals surface area contributed by atoms with Crippen LogP contribution in [-0.4, -0.2) is 15.9 Å². The Hall–Kier alpha value is -3.87. The number of rotatable bonds is 3. The van der Waals surface area contributed by atoms with Gasteiger partial charge in [-0.05, 0) is 61.4 Å². The smallest absolute Gasteiger partial charge is 0.416 e. The summed E-state index contributed by atoms with van der Waals surface area (Å²) in [6.45, 7) is 3.84. The number of aryl methyl sites for hydroxylation is 2. The van der Waals surface area contributed by atoms with Gasteiger partial charge in [0.05, 0.1) is 22.5 Å². The molecule has 7 heteroatoms. The molecule has 0 aliphatic carbocycles. The van der Waals surface area contributed by atoms with Crippen molar-refractivity contribution in [2.24, 2.45) is 4.99 Å². The zero-order valence-electron chi connectivity index (χ0n) is 17.3. The summed E-state index contributed by atoms with van der Waals surface area (Å²) in [5.41, 5.74) is 1.55. The van der Waals surface area contributed by atoms with Gasteiger partial charge in [0.1, 0.15) is 0 Å². The lowest BCUT2D eigenvalue weighted by atomic mass is 10.1. The predicted molar refractivity (Wildman–Crippen MR) is 119 cm³/mol. The number of aromatic hydroxyl groups is 1. The number of halogens is 3. The fourth-order valence-corrected chi connectivity index (χ4v) is 3.50. The lowest BCUT2D eigenvalue weighted by molar-refractivity contribution is -0.137. The van der Waals surface area contributed by atoms with Crippen LogP contribution in [0.5, 0.6) is 5.88 Å². The van der Waals surface area contributed by atoms with E-state index in [4.69, 9.17) is 0 Å². The lowest BCUT2D eigenvalue weighted by Gasteiger charge is -2.15. The number of aromatic nitrogens is 1. The molecule has 3 aromatic carbocycles. The Balaban J connectivity index is 1.93. The van der Waals surface area contributed by atoms with Gasteiger partial charge in [0.2, 0.25) is 5.88 Å². The minimum absolute atomic E-state index is 0.0761. The predicted octanol–water partition coefficient (Wildman–Crippen LogP) is 6.08. The minimum atomic E-state index is -4.49. The molecule has 0 atom stereocenters. The van der Waals surface area contributed by atoms with Gasteiger partial charge >= 0.3 is 6.18 Å². The Morgan fingerprint density at radius 3 is 2.31 bits per heavy atom. The third-order valence-electron chi connectivity index (χ3n) is 5.37. The highest BCUT2D eigenvalue weighted by Crippen LogP contribution is 2.32. The second-order valence-electron chi connectivity index (χ2n) is 7.50. The number of pyridine rings is 1. The second kappa shape index (κ2) is 8.00. The van der Waals surface area contributed by atoms with Crippen molar-refractivity contribution in [1.82, 2.24) is 4.57 Å². The first-order valence-corrected chi connectivity index (χ1v) is 9.82. The Morgan fingerprint density at radius 2 is 1.62 bits per heavy atom. The van der Waals surface area contributed by atoms with E-state index in [-0.39, 0.29) is 17.1 Å². The molecule has 1 heterocycles. The fourth-order valence-electron chi connectivity index (χ4n) is 3.50. The zero-order chi connectivity index (χ0) is 23.0. The Labute approximate surface area is 181 Å². The molecule has 0 amide bonds. The highest BCUT2D eigenvalue weighted by Gasteiger charge is 2.30. The summed E-state index contributed by atoms with van der Waals surface area (Å²) in [5, 5.41) is 11.8. The molecule has 0 aliphatic heterocycles. The zero-order valence-corrected chi connectivity index (χ0v) is 17.3. The van der Waals surface area contributed by atoms with E-state index >= 15 is 0 Å². The summed E-state index contributed by atoms with van der Waals surface area (Å²) in [6, 6.07) is 16.7. The molecule has 0 saturated carbocycles. The average molecular weight is 436 g/mol. The SMILES string of the molecule is Cc1ccc(-n2c(O)c(C=Nc3cccc(C(F)(F)F)c3)c3ccccc3c2=O)cc1C. The van der Waals surface area contributed by atoms with Crippen LogP contribution in [0.1, 0.15) is 22.3 Å². The third-order valence-corrected chi connectivity index (χ3v) is 5.37. The Morgan fingerprint density at radius 1 is 0.906 bits per heavy atom. The van der Waals surface area contributed by atoms with Crippen LogP contribution in [0.2, 0.25) is 0 Å². The van der Waals surface area contributed by atoms with Gasteiger partial charge in [-0.2, -0.15) is 13.2 Å². The van der Waals surface area contributed by atoms with Crippen molar-refractivity contribution in [3.63, 3.8) is 0 Å². The average Bonchev–Trinajstić information content (AvgIpc) is 2.76. The molecule has 0 bridgehead atoms. The van der Waals surface area contributed by atoms with Gasteiger partial charge in [0.25, 0.3) is 5.56 Å². The molecule has 0 spiro atoms. The number of hydrogen-bond donors (Lipinski definition) is 1. The first-order valence-electron chi connectivity index (χ1n) is 9.82. The molecule has 1 N–H and O–H groups in total. The monoisotopic (exact) mass is 436 g/mol. The fraction of sp³-hybridized carbons (Fsp3) is 0.120. The maximum Gasteiger partial charge on any atom is 0.416 e. The molecule has 0 fully saturated rings. The van der Waals surface area contributed by atoms with Crippen LogP contribution < -0.4 is 5.56 Å². The number of fused-ring (bicyclic) bond motifs is 1. The molecule has 32 heavy (non-hydrogen) atoms. The molecule has 4 aromatic rings. The van der Waals surface area contributed by atoms with Crippen molar-refractivity contribution in [2.45, 2.75) is 20.0 Å². The van der Waals surface area contributed by atoms with Crippen LogP contribution in [0.4, 0.5) is 18.9 Å². The molecule has 0 saturated heterocycles. The molecular weight excluding hydrogens is 417 g/mol. The molecule has 4 rings (SSSR count). The number of hydrogen-bond acceptors (Lipinski definition) is 3. The van der Waals surface area contributed by atoms with E-state index in [2.05, 4.69) is 4.99 Å². The van der Waals surface area contributed by atoms with Gasteiger partial charge in [-0.1, -0.05) is 30.3 Å². The molecule has 162 valence electrons. The van der Waals surface area contributed by atoms with Gasteiger partial charge < -0.3 is 5.11 Å². The standard InChI is InChI=1S/C25H19F3N2O2/c1-15-10-11-19(12-16(15)2)30-23(31)21-9-4-3-8-20(21)22(24(30)32)14-29-18-7-5-6-17(13-18)25(26,27)28/h3-14,32H,1-2H3. The normalized spacial score (nSPS) is 12.0. The third kappa shape index (κ3) is 3.89. The van der Waals surface area contributed by atoms with Gasteiger partial charge in [0.15, 0.2) is 0 Å². The molecule has 0 unspecified atom stereocenters. The number of aliphatic imine (C=N–C) groups is 1. The summed E-state index contributed by atoms with van der Waals surface area (Å²) in [5.74, 6) is -0.340. The Kier molecular flexibility index (Phi) is 5.34. The maximum absolute atomic E-state index is 13.2. The van der Waals surface area contributed by atoms with Crippen LogP contribution in [-0.2, 0) is 6.18 Å². The quantitative estimate of drug-likeness (QED) is 0.396. The van der Waals surface area contributed by atoms with Gasteiger partial charge in [-0.25, -0.2) is 4.57 Å². The molecule has 0 radical (unpaired) electrons. The van der Waals surface area contributed by atoms with Crippen LogP contribution in [0, 0.1) is 13.8 Å². The highest BCUT2D eigenvalue weighted by atomic mass is 19.4. The molecule has 1 aromatic heterocycles. The first-order chi connectivity index (χ1) is 15.2. The lowest BCUT2D eigenvalue weighted by Crippen LogP contribution is -2.20. The van der Waals surface area contributed by atoms with E-state index in [0.717, 1.165) is 23.3 Å². The van der Waals surface area contributed by atoms with Crippen molar-refractivity contribution in [1.29, 1.82) is 0 Å². The topological polar surface area (TPSA) is 54.6 Å². The van der Waals surface area contributed by atoms with E-state index in [9.17, 15) is 23.1 Å². The van der Waals surface area contributed by atoms with Crippen molar-refractivity contribution in [3.8, 4) is 11.6 Å². The highest BCUT2D eigenvalue weighted by molar-refractivity contribution is 6.02. The van der Waals surface area contributed by atoms with Crippen molar-refractivity contribution < 1.29 is 18.3 Å². The number of nitrogens with zero attached hydrogens (tertiary/aromatic N) is 2. The minimum Gasteiger partial charge on any atom is -0.494 e. The van der Waals surface area contributed by atoms with Crippen molar-refractivity contribution in [3.05, 3.63) is 99.3 Å². The van der Waals surface area contributed by atoms with E-state index in [0.29, 0.717) is 16.5 Å². The maximum atomic E-state index is 13.2. The van der Waals surface area contributed by atoms with Crippen molar-refractivity contribution in [2.75, 3.05) is 0 Å². The summed E-state index contributed by atoms with van der Waals surface area (Å²) in [4.78, 5) is 17.3. The largest absolute Gasteiger partial charge is 0.494 e. The van der Waals surface area contributed by atoms with E-state index in [1.807, 2.05) is 19.9 Å². The summed E-state index contributed by atoms with van der Waals surface area (Å²) >= 11 is 0. The summed E-state index contributed by atoms with van der Waals surface area (Å²) in [7, 11) is 0. The van der Waals surface area contributed by atoms with Gasteiger partial charge in [-0.3, -0.25) is 9.79 Å². The van der Waals surface area contributed by atoms with Crippen LogP contribution in [0.3, 0.4) is 0 Å². The molecule has 4 nitrogen and oxygen atoms in total. The van der Waals surface area contributed by atoms with E-state index < -0.39 is 17.3 Å². The van der Waals surface area contributed by atoms with Gasteiger partial charge in [-0.15, -0.1) is 0 Å². The van der Waals surface area contributed by atoms with Crippen LogP contribution in [0.15, 0.2) is 76.5 Å². The molecule has 0 aliphatic rings.